The van der Waals surface area contributed by atoms with E-state index in [0.29, 0.717) is 12.1 Å². The molecule has 0 saturated heterocycles. The molecule has 1 amide bonds. The first kappa shape index (κ1) is 18.8. The van der Waals surface area contributed by atoms with Crippen molar-refractivity contribution in [2.45, 2.75) is 25.5 Å². The summed E-state index contributed by atoms with van der Waals surface area (Å²) >= 11 is 0. The number of aliphatic hydroxyl groups is 1. The van der Waals surface area contributed by atoms with Crippen LogP contribution >= 0.6 is 0 Å². The van der Waals surface area contributed by atoms with Gasteiger partial charge in [-0.05, 0) is 48.7 Å². The Balaban J connectivity index is 1.91. The van der Waals surface area contributed by atoms with Crippen LogP contribution in [-0.4, -0.2) is 35.8 Å². The fourth-order valence-electron chi connectivity index (χ4n) is 2.58. The highest BCUT2D eigenvalue weighted by molar-refractivity contribution is 5.95. The minimum Gasteiger partial charge on any atom is -0.507 e. The third kappa shape index (κ3) is 5.20. The zero-order valence-electron chi connectivity index (χ0n) is 14.4. The summed E-state index contributed by atoms with van der Waals surface area (Å²) in [5, 5.41) is 23.1. The number of aromatic hydroxyl groups is 1. The van der Waals surface area contributed by atoms with E-state index in [2.05, 4.69) is 5.32 Å². The van der Waals surface area contributed by atoms with E-state index in [1.807, 2.05) is 31.2 Å². The Hall–Kier alpha value is -2.57. The van der Waals surface area contributed by atoms with Gasteiger partial charge in [-0.2, -0.15) is 0 Å². The van der Waals surface area contributed by atoms with Crippen molar-refractivity contribution in [1.29, 1.82) is 0 Å². The molecular weight excluding hydrogens is 320 g/mol. The number of nitrogens with one attached hydrogen (secondary N) is 1. The predicted octanol–water partition coefficient (Wildman–Crippen LogP) is 1.75. The lowest BCUT2D eigenvalue weighted by molar-refractivity contribution is 0.0997. The first-order valence-corrected chi connectivity index (χ1v) is 8.07. The lowest BCUT2D eigenvalue weighted by Crippen LogP contribution is -2.32. The maximum atomic E-state index is 11.3. The Morgan fingerprint density at radius 2 is 1.92 bits per heavy atom. The molecule has 0 spiro atoms. The molecule has 2 atom stereocenters. The Labute approximate surface area is 147 Å². The van der Waals surface area contributed by atoms with Crippen molar-refractivity contribution in [2.75, 3.05) is 13.7 Å². The second kappa shape index (κ2) is 8.50. The normalized spacial score (nSPS) is 13.2. The van der Waals surface area contributed by atoms with Gasteiger partial charge in [-0.1, -0.05) is 18.2 Å². The van der Waals surface area contributed by atoms with Crippen LogP contribution in [0.4, 0.5) is 0 Å². The summed E-state index contributed by atoms with van der Waals surface area (Å²) in [6.07, 6.45) is -0.00392. The number of hydrogen-bond donors (Lipinski definition) is 4. The summed E-state index contributed by atoms with van der Waals surface area (Å²) in [5.74, 6) is -0.103. The molecule has 0 unspecified atom stereocenters. The third-order valence-electron chi connectivity index (χ3n) is 4.03. The lowest BCUT2D eigenvalue weighted by atomic mass is 10.0. The second-order valence-electron chi connectivity index (χ2n) is 6.02. The van der Waals surface area contributed by atoms with Crippen LogP contribution in [0.5, 0.6) is 11.5 Å². The Morgan fingerprint density at radius 1 is 1.24 bits per heavy atom. The predicted molar refractivity (Wildman–Crippen MR) is 95.7 cm³/mol. The summed E-state index contributed by atoms with van der Waals surface area (Å²) in [6, 6.07) is 12.3. The second-order valence-corrected chi connectivity index (χ2v) is 6.02. The van der Waals surface area contributed by atoms with Gasteiger partial charge in [0.15, 0.2) is 0 Å². The molecule has 0 aliphatic rings. The SMILES string of the molecule is COc1ccc(C[C@@H](C)NC[C@H](O)c2ccc(O)c(C(N)=O)c2)cc1. The van der Waals surface area contributed by atoms with Crippen LogP contribution in [-0.2, 0) is 6.42 Å². The van der Waals surface area contributed by atoms with Crippen molar-refractivity contribution in [2.24, 2.45) is 5.73 Å². The number of carbonyl (C=O) groups is 1. The molecule has 5 N–H and O–H groups in total. The summed E-state index contributed by atoms with van der Waals surface area (Å²) in [5.41, 5.74) is 6.90. The average molecular weight is 344 g/mol. The average Bonchev–Trinajstić information content (AvgIpc) is 2.60. The minimum atomic E-state index is -0.808. The number of methoxy groups -OCH3 is 1. The molecule has 0 aliphatic carbocycles. The van der Waals surface area contributed by atoms with Crippen molar-refractivity contribution < 1.29 is 19.7 Å². The molecule has 6 nitrogen and oxygen atoms in total. The molecular formula is C19H24N2O4. The monoisotopic (exact) mass is 344 g/mol. The summed E-state index contributed by atoms with van der Waals surface area (Å²) in [6.45, 7) is 2.35. The Kier molecular flexibility index (Phi) is 6.38. The number of benzene rings is 2. The van der Waals surface area contributed by atoms with Gasteiger partial charge >= 0.3 is 0 Å². The molecule has 0 radical (unpaired) electrons. The van der Waals surface area contributed by atoms with Crippen molar-refractivity contribution in [1.82, 2.24) is 5.32 Å². The molecule has 2 rings (SSSR count). The van der Waals surface area contributed by atoms with Crippen LogP contribution in [0.2, 0.25) is 0 Å². The van der Waals surface area contributed by atoms with Gasteiger partial charge in [-0.25, -0.2) is 0 Å². The van der Waals surface area contributed by atoms with Gasteiger partial charge in [0.05, 0.1) is 18.8 Å². The highest BCUT2D eigenvalue weighted by Gasteiger charge is 2.14. The van der Waals surface area contributed by atoms with E-state index < -0.39 is 12.0 Å². The van der Waals surface area contributed by atoms with E-state index in [1.165, 1.54) is 12.1 Å². The number of amides is 1. The molecule has 2 aromatic carbocycles. The standard InChI is InChI=1S/C19H24N2O4/c1-12(9-13-3-6-15(25-2)7-4-13)21-11-18(23)14-5-8-17(22)16(10-14)19(20)24/h3-8,10,12,18,21-23H,9,11H2,1-2H3,(H2,20,24)/t12-,18+/m1/s1. The van der Waals surface area contributed by atoms with E-state index >= 15 is 0 Å². The van der Waals surface area contributed by atoms with Gasteiger partial charge in [0, 0.05) is 12.6 Å². The number of nitrogens with two attached hydrogens (primary N) is 1. The molecule has 134 valence electrons. The molecule has 6 heteroatoms. The summed E-state index contributed by atoms with van der Waals surface area (Å²) in [7, 11) is 1.63. The maximum Gasteiger partial charge on any atom is 0.252 e. The zero-order chi connectivity index (χ0) is 18.4. The van der Waals surface area contributed by atoms with Gasteiger partial charge in [-0.15, -0.1) is 0 Å². The molecule has 25 heavy (non-hydrogen) atoms. The fraction of sp³-hybridized carbons (Fsp3) is 0.316. The van der Waals surface area contributed by atoms with Gasteiger partial charge in [0.1, 0.15) is 11.5 Å². The summed E-state index contributed by atoms with van der Waals surface area (Å²) in [4.78, 5) is 11.3. The van der Waals surface area contributed by atoms with E-state index in [9.17, 15) is 15.0 Å². The van der Waals surface area contributed by atoms with E-state index in [0.717, 1.165) is 17.7 Å². The van der Waals surface area contributed by atoms with Gasteiger partial charge in [-0.3, -0.25) is 4.79 Å². The topological polar surface area (TPSA) is 105 Å². The van der Waals surface area contributed by atoms with E-state index in [4.69, 9.17) is 10.5 Å². The molecule has 0 fully saturated rings. The van der Waals surface area contributed by atoms with Gasteiger partial charge < -0.3 is 26.0 Å². The van der Waals surface area contributed by atoms with Crippen molar-refractivity contribution in [3.05, 3.63) is 59.2 Å². The highest BCUT2D eigenvalue weighted by atomic mass is 16.5. The lowest BCUT2D eigenvalue weighted by Gasteiger charge is -2.18. The minimum absolute atomic E-state index is 0.00262. The number of primary amides is 1. The molecule has 0 aromatic heterocycles. The molecule has 0 bridgehead atoms. The number of hydrogen-bond acceptors (Lipinski definition) is 5. The quantitative estimate of drug-likeness (QED) is 0.584. The largest absolute Gasteiger partial charge is 0.507 e. The van der Waals surface area contributed by atoms with Crippen LogP contribution in [0.1, 0.15) is 34.5 Å². The Bertz CT molecular complexity index is 716. The highest BCUT2D eigenvalue weighted by Crippen LogP contribution is 2.22. The van der Waals surface area contributed by atoms with Crippen LogP contribution in [0.3, 0.4) is 0 Å². The molecule has 0 aliphatic heterocycles. The number of phenols is 1. The van der Waals surface area contributed by atoms with Gasteiger partial charge in [0.2, 0.25) is 0 Å². The molecule has 0 saturated carbocycles. The maximum absolute atomic E-state index is 11.3. The fourth-order valence-corrected chi connectivity index (χ4v) is 2.58. The van der Waals surface area contributed by atoms with Crippen LogP contribution < -0.4 is 15.8 Å². The van der Waals surface area contributed by atoms with Crippen LogP contribution in [0.25, 0.3) is 0 Å². The first-order chi connectivity index (χ1) is 11.9. The molecule has 2 aromatic rings. The van der Waals surface area contributed by atoms with Crippen LogP contribution in [0.15, 0.2) is 42.5 Å². The Morgan fingerprint density at radius 3 is 2.52 bits per heavy atom. The van der Waals surface area contributed by atoms with Gasteiger partial charge in [0.25, 0.3) is 5.91 Å². The number of aliphatic hydroxyl groups excluding tert-OH is 1. The number of ether oxygens (including phenoxy) is 1. The first-order valence-electron chi connectivity index (χ1n) is 8.07. The van der Waals surface area contributed by atoms with Crippen molar-refractivity contribution in [3.8, 4) is 11.5 Å². The zero-order valence-corrected chi connectivity index (χ0v) is 14.4. The van der Waals surface area contributed by atoms with E-state index in [-0.39, 0.29) is 17.4 Å². The molecule has 0 heterocycles. The third-order valence-corrected chi connectivity index (χ3v) is 4.03. The summed E-state index contributed by atoms with van der Waals surface area (Å²) < 4.78 is 5.14. The smallest absolute Gasteiger partial charge is 0.252 e. The number of rotatable bonds is 8. The van der Waals surface area contributed by atoms with E-state index in [1.54, 1.807) is 13.2 Å². The van der Waals surface area contributed by atoms with Crippen molar-refractivity contribution >= 4 is 5.91 Å². The van der Waals surface area contributed by atoms with Crippen LogP contribution in [0, 0.1) is 0 Å². The van der Waals surface area contributed by atoms with Crippen molar-refractivity contribution in [3.63, 3.8) is 0 Å². The number of carbonyl (C=O) groups excluding carboxylic acids is 1.